The monoisotopic (exact) mass is 1030 g/mol. The van der Waals surface area contributed by atoms with Crippen LogP contribution in [0.25, 0.3) is 34.7 Å². The van der Waals surface area contributed by atoms with Crippen molar-refractivity contribution in [2.24, 2.45) is 0 Å². The lowest BCUT2D eigenvalue weighted by Gasteiger charge is -2.30. The van der Waals surface area contributed by atoms with Gasteiger partial charge in [0.2, 0.25) is 0 Å². The standard InChI is InChI=1S/C76H58N4/c1-9-31-65(32-10-1)77(66-33-11-2-12-34-66)73-47-27-25-29-63(73)57-75(79(69-39-17-5-18-40-69)70-41-19-6-20-42-70)61-53-49-59(50-54-61)60-51-55-62(56-52-60)76(80(71-43-21-7-22-44-71)72-45-23-8-24-46-72)58-64-30-26-28-48-74(64)78(67-35-13-3-14-36-67)68-37-15-4-16-38-68/h1-58H. The van der Waals surface area contributed by atoms with Crippen LogP contribution in [-0.4, -0.2) is 0 Å². The van der Waals surface area contributed by atoms with Gasteiger partial charge >= 0.3 is 0 Å². The lowest BCUT2D eigenvalue weighted by atomic mass is 9.97. The largest absolute Gasteiger partial charge is 0.310 e. The molecule has 12 aromatic rings. The molecule has 0 aliphatic heterocycles. The lowest BCUT2D eigenvalue weighted by Crippen LogP contribution is -2.16. The highest BCUT2D eigenvalue weighted by Gasteiger charge is 2.23. The van der Waals surface area contributed by atoms with E-state index in [2.05, 4.69) is 371 Å². The molecule has 12 rings (SSSR count). The summed E-state index contributed by atoms with van der Waals surface area (Å²) in [7, 11) is 0. The fourth-order valence-electron chi connectivity index (χ4n) is 10.5. The van der Waals surface area contributed by atoms with Crippen LogP contribution in [-0.2, 0) is 0 Å². The minimum atomic E-state index is 1.04. The highest BCUT2D eigenvalue weighted by Crippen LogP contribution is 2.44. The van der Waals surface area contributed by atoms with Crippen LogP contribution >= 0.6 is 0 Å². The smallest absolute Gasteiger partial charge is 0.0540 e. The van der Waals surface area contributed by atoms with Crippen molar-refractivity contribution in [2.45, 2.75) is 0 Å². The Morgan fingerprint density at radius 1 is 0.200 bits per heavy atom. The van der Waals surface area contributed by atoms with Crippen LogP contribution in [0.3, 0.4) is 0 Å². The van der Waals surface area contributed by atoms with Gasteiger partial charge in [-0.2, -0.15) is 0 Å². The summed E-state index contributed by atoms with van der Waals surface area (Å²) in [6, 6.07) is 121. The van der Waals surface area contributed by atoms with Crippen LogP contribution in [0.15, 0.2) is 340 Å². The van der Waals surface area contributed by atoms with E-state index in [1.54, 1.807) is 0 Å². The SMILES string of the molecule is C(=C(c1ccc(-c2ccc(C(=Cc3ccccc3N(c3ccccc3)c3ccccc3)N(c3ccccc3)c3ccccc3)cc2)cc1)N(c1ccccc1)c1ccccc1)c1ccccc1N(c1ccccc1)c1ccccc1. The van der Waals surface area contributed by atoms with Crippen LogP contribution < -0.4 is 19.6 Å². The number of rotatable bonds is 17. The molecule has 4 nitrogen and oxygen atoms in total. The number of para-hydroxylation sites is 10. The van der Waals surface area contributed by atoms with Gasteiger partial charge in [0, 0.05) is 56.6 Å². The molecular formula is C76H58N4. The Balaban J connectivity index is 0.975. The third kappa shape index (κ3) is 11.1. The highest BCUT2D eigenvalue weighted by molar-refractivity contribution is 6.00. The summed E-state index contributed by atoms with van der Waals surface area (Å²) in [6.45, 7) is 0. The zero-order chi connectivity index (χ0) is 53.7. The number of anilines is 10. The Morgan fingerprint density at radius 3 is 0.662 bits per heavy atom. The molecule has 0 saturated carbocycles. The van der Waals surface area contributed by atoms with E-state index < -0.39 is 0 Å². The summed E-state index contributed by atoms with van der Waals surface area (Å²) >= 11 is 0. The Kier molecular flexibility index (Phi) is 15.1. The molecular weight excluding hydrogens is 969 g/mol. The summed E-state index contributed by atoms with van der Waals surface area (Å²) in [4.78, 5) is 9.42. The van der Waals surface area contributed by atoms with Crippen LogP contribution in [0.4, 0.5) is 56.9 Å². The van der Waals surface area contributed by atoms with Gasteiger partial charge in [-0.3, -0.25) is 0 Å². The predicted octanol–water partition coefficient (Wildman–Crippen LogP) is 21.0. The molecule has 0 fully saturated rings. The van der Waals surface area contributed by atoms with Crippen LogP contribution in [0, 0.1) is 0 Å². The van der Waals surface area contributed by atoms with Gasteiger partial charge < -0.3 is 19.6 Å². The quantitative estimate of drug-likeness (QED) is 0.0843. The zero-order valence-corrected chi connectivity index (χ0v) is 44.3. The molecule has 80 heavy (non-hydrogen) atoms. The average molecular weight is 1030 g/mol. The first-order valence-corrected chi connectivity index (χ1v) is 27.2. The fraction of sp³-hybridized carbons (Fsp3) is 0. The minimum absolute atomic E-state index is 1.04. The molecule has 0 aliphatic rings. The maximum absolute atomic E-state index is 2.37. The van der Waals surface area contributed by atoms with Crippen molar-refractivity contribution in [3.05, 3.63) is 362 Å². The first kappa shape index (κ1) is 50.2. The molecule has 0 radical (unpaired) electrons. The third-order valence-electron chi connectivity index (χ3n) is 14.2. The third-order valence-corrected chi connectivity index (χ3v) is 14.2. The highest BCUT2D eigenvalue weighted by atomic mass is 15.2. The van der Waals surface area contributed by atoms with Gasteiger partial charge in [-0.1, -0.05) is 231 Å². The maximum atomic E-state index is 2.37. The summed E-state index contributed by atoms with van der Waals surface area (Å²) in [5.41, 5.74) is 19.3. The van der Waals surface area contributed by atoms with Crippen LogP contribution in [0.1, 0.15) is 22.3 Å². The van der Waals surface area contributed by atoms with Crippen molar-refractivity contribution in [3.63, 3.8) is 0 Å². The van der Waals surface area contributed by atoms with E-state index in [9.17, 15) is 0 Å². The van der Waals surface area contributed by atoms with Crippen molar-refractivity contribution < 1.29 is 0 Å². The van der Waals surface area contributed by atoms with Gasteiger partial charge in [-0.05, 0) is 144 Å². The topological polar surface area (TPSA) is 13.0 Å². The molecule has 0 N–H and O–H groups in total. The Labute approximate surface area is 470 Å². The van der Waals surface area contributed by atoms with Crippen molar-refractivity contribution in [1.82, 2.24) is 0 Å². The molecule has 0 saturated heterocycles. The molecule has 0 bridgehead atoms. The van der Waals surface area contributed by atoms with Crippen molar-refractivity contribution in [2.75, 3.05) is 19.6 Å². The molecule has 4 heteroatoms. The number of benzene rings is 12. The maximum Gasteiger partial charge on any atom is 0.0540 e. The fourth-order valence-corrected chi connectivity index (χ4v) is 10.5. The zero-order valence-electron chi connectivity index (χ0n) is 44.3. The lowest BCUT2D eigenvalue weighted by molar-refractivity contribution is 1.27. The van der Waals surface area contributed by atoms with E-state index in [4.69, 9.17) is 0 Å². The molecule has 12 aromatic carbocycles. The van der Waals surface area contributed by atoms with Gasteiger partial charge in [0.05, 0.1) is 22.8 Å². The number of nitrogens with zero attached hydrogens (tertiary/aromatic N) is 4. The Bertz CT molecular complexity index is 3530. The van der Waals surface area contributed by atoms with E-state index in [0.29, 0.717) is 0 Å². The van der Waals surface area contributed by atoms with Gasteiger partial charge in [-0.15, -0.1) is 0 Å². The van der Waals surface area contributed by atoms with E-state index in [-0.39, 0.29) is 0 Å². The summed E-state index contributed by atoms with van der Waals surface area (Å²) < 4.78 is 0. The number of hydrogen-bond acceptors (Lipinski definition) is 4. The van der Waals surface area contributed by atoms with Crippen LogP contribution in [0.5, 0.6) is 0 Å². The normalized spacial score (nSPS) is 11.4. The first-order chi connectivity index (χ1) is 39.7. The molecule has 0 atom stereocenters. The molecule has 0 amide bonds. The summed E-state index contributed by atoms with van der Waals surface area (Å²) in [6.07, 6.45) is 4.68. The van der Waals surface area contributed by atoms with E-state index in [0.717, 1.165) is 102 Å². The van der Waals surface area contributed by atoms with Gasteiger partial charge in [0.1, 0.15) is 0 Å². The van der Waals surface area contributed by atoms with Crippen LogP contribution in [0.2, 0.25) is 0 Å². The molecule has 0 heterocycles. The average Bonchev–Trinajstić information content (AvgIpc) is 3.56. The molecule has 0 unspecified atom stereocenters. The second kappa shape index (κ2) is 24.1. The summed E-state index contributed by atoms with van der Waals surface area (Å²) in [5.74, 6) is 0. The minimum Gasteiger partial charge on any atom is -0.310 e. The van der Waals surface area contributed by atoms with E-state index in [1.165, 1.54) is 0 Å². The molecule has 0 aromatic heterocycles. The molecule has 382 valence electrons. The predicted molar refractivity (Wildman–Crippen MR) is 340 cm³/mol. The molecule has 0 spiro atoms. The van der Waals surface area contributed by atoms with Gasteiger partial charge in [0.15, 0.2) is 0 Å². The Morgan fingerprint density at radius 2 is 0.412 bits per heavy atom. The first-order valence-electron chi connectivity index (χ1n) is 27.2. The van der Waals surface area contributed by atoms with Crippen molar-refractivity contribution >= 4 is 80.4 Å². The second-order valence-corrected chi connectivity index (χ2v) is 19.4. The number of hydrogen-bond donors (Lipinski definition) is 0. The van der Waals surface area contributed by atoms with Gasteiger partial charge in [0.25, 0.3) is 0 Å². The second-order valence-electron chi connectivity index (χ2n) is 19.4. The van der Waals surface area contributed by atoms with Gasteiger partial charge in [-0.25, -0.2) is 0 Å². The van der Waals surface area contributed by atoms with Crippen molar-refractivity contribution in [1.29, 1.82) is 0 Å². The summed E-state index contributed by atoms with van der Waals surface area (Å²) in [5, 5.41) is 0. The Hall–Kier alpha value is -10.7. The van der Waals surface area contributed by atoms with E-state index >= 15 is 0 Å². The molecule has 0 aliphatic carbocycles. The van der Waals surface area contributed by atoms with E-state index in [1.807, 2.05) is 0 Å². The van der Waals surface area contributed by atoms with Crippen molar-refractivity contribution in [3.8, 4) is 11.1 Å².